The van der Waals surface area contributed by atoms with Gasteiger partial charge in [0.25, 0.3) is 0 Å². The summed E-state index contributed by atoms with van der Waals surface area (Å²) in [7, 11) is 0. The summed E-state index contributed by atoms with van der Waals surface area (Å²) < 4.78 is 40.8. The first-order valence-corrected chi connectivity index (χ1v) is 6.91. The number of nitrogens with zero attached hydrogens (tertiary/aromatic N) is 2. The number of nitrogens with one attached hydrogen (secondary N) is 1. The molecule has 2 aromatic rings. The summed E-state index contributed by atoms with van der Waals surface area (Å²) in [6, 6.07) is 6.23. The minimum absolute atomic E-state index is 0.178. The maximum atomic E-state index is 13.0. The molecule has 0 aliphatic heterocycles. The molecule has 1 aliphatic rings. The van der Waals surface area contributed by atoms with Crippen LogP contribution in [0.15, 0.2) is 36.8 Å². The molecule has 0 saturated heterocycles. The van der Waals surface area contributed by atoms with Crippen LogP contribution in [0.5, 0.6) is 0 Å². The van der Waals surface area contributed by atoms with Gasteiger partial charge in [-0.3, -0.25) is 0 Å². The van der Waals surface area contributed by atoms with E-state index in [1.54, 1.807) is 23.2 Å². The van der Waals surface area contributed by atoms with Gasteiger partial charge in [0, 0.05) is 25.3 Å². The number of hydrogen-bond acceptors (Lipinski definition) is 2. The second-order valence-electron chi connectivity index (χ2n) is 5.32. The van der Waals surface area contributed by atoms with E-state index in [4.69, 9.17) is 0 Å². The smallest absolute Gasteiger partial charge is 0.329 e. The fourth-order valence-electron chi connectivity index (χ4n) is 2.29. The van der Waals surface area contributed by atoms with E-state index in [-0.39, 0.29) is 12.1 Å². The summed E-state index contributed by atoms with van der Waals surface area (Å²) in [6.07, 6.45) is 1.29. The third-order valence-corrected chi connectivity index (χ3v) is 3.61. The Kier molecular flexibility index (Phi) is 3.71. The Morgan fingerprint density at radius 3 is 2.71 bits per heavy atom. The predicted octanol–water partition coefficient (Wildman–Crippen LogP) is 3.20. The maximum absolute atomic E-state index is 13.0. The SMILES string of the molecule is FC(F)(F)c1ccccc1Cn1cncc1CNC1CC1. The molecule has 0 spiro atoms. The van der Waals surface area contributed by atoms with E-state index < -0.39 is 11.7 Å². The lowest BCUT2D eigenvalue weighted by Gasteiger charge is -2.14. The number of rotatable bonds is 5. The van der Waals surface area contributed by atoms with Crippen LogP contribution < -0.4 is 5.32 Å². The lowest BCUT2D eigenvalue weighted by Crippen LogP contribution is -2.19. The van der Waals surface area contributed by atoms with Gasteiger partial charge in [-0.2, -0.15) is 13.2 Å². The highest BCUT2D eigenvalue weighted by atomic mass is 19.4. The summed E-state index contributed by atoms with van der Waals surface area (Å²) in [5, 5.41) is 3.35. The predicted molar refractivity (Wildman–Crippen MR) is 72.6 cm³/mol. The Morgan fingerprint density at radius 1 is 1.24 bits per heavy atom. The molecule has 0 amide bonds. The third kappa shape index (κ3) is 3.44. The van der Waals surface area contributed by atoms with E-state index in [2.05, 4.69) is 10.3 Å². The van der Waals surface area contributed by atoms with Crippen molar-refractivity contribution in [3.05, 3.63) is 53.6 Å². The average molecular weight is 295 g/mol. The topological polar surface area (TPSA) is 29.9 Å². The zero-order chi connectivity index (χ0) is 14.9. The Hall–Kier alpha value is -1.82. The van der Waals surface area contributed by atoms with Gasteiger partial charge in [-0.25, -0.2) is 4.98 Å². The summed E-state index contributed by atoms with van der Waals surface area (Å²) in [5.41, 5.74) is 0.578. The maximum Gasteiger partial charge on any atom is 0.416 e. The molecule has 3 nitrogen and oxygen atoms in total. The van der Waals surface area contributed by atoms with Crippen molar-refractivity contribution in [3.63, 3.8) is 0 Å². The van der Waals surface area contributed by atoms with Crippen molar-refractivity contribution in [3.8, 4) is 0 Å². The van der Waals surface area contributed by atoms with E-state index in [0.29, 0.717) is 12.6 Å². The van der Waals surface area contributed by atoms with Crippen LogP contribution >= 0.6 is 0 Å². The Labute approximate surface area is 120 Å². The Balaban J connectivity index is 1.79. The number of aromatic nitrogens is 2. The van der Waals surface area contributed by atoms with Crippen molar-refractivity contribution < 1.29 is 13.2 Å². The van der Waals surface area contributed by atoms with Crippen molar-refractivity contribution >= 4 is 0 Å². The van der Waals surface area contributed by atoms with Crippen LogP contribution in [-0.2, 0) is 19.3 Å². The zero-order valence-corrected chi connectivity index (χ0v) is 11.4. The van der Waals surface area contributed by atoms with E-state index in [0.717, 1.165) is 11.8 Å². The van der Waals surface area contributed by atoms with Gasteiger partial charge in [0.15, 0.2) is 0 Å². The molecular weight excluding hydrogens is 279 g/mol. The van der Waals surface area contributed by atoms with Gasteiger partial charge in [0.2, 0.25) is 0 Å². The molecule has 6 heteroatoms. The van der Waals surface area contributed by atoms with Crippen molar-refractivity contribution in [1.29, 1.82) is 0 Å². The normalized spacial score (nSPS) is 15.4. The second-order valence-corrected chi connectivity index (χ2v) is 5.32. The molecule has 1 aromatic carbocycles. The van der Waals surface area contributed by atoms with E-state index in [1.165, 1.54) is 25.0 Å². The first-order chi connectivity index (χ1) is 10.0. The van der Waals surface area contributed by atoms with Gasteiger partial charge in [-0.05, 0) is 24.5 Å². The second kappa shape index (κ2) is 5.52. The molecule has 0 atom stereocenters. The monoisotopic (exact) mass is 295 g/mol. The first kappa shape index (κ1) is 14.1. The summed E-state index contributed by atoms with van der Waals surface area (Å²) in [4.78, 5) is 4.05. The van der Waals surface area contributed by atoms with Crippen LogP contribution in [0.3, 0.4) is 0 Å². The standard InChI is InChI=1S/C15H16F3N3/c16-15(17,18)14-4-2-1-3-11(14)9-21-10-19-7-13(21)8-20-12-5-6-12/h1-4,7,10,12,20H,5-6,8-9H2. The summed E-state index contributed by atoms with van der Waals surface area (Å²) >= 11 is 0. The molecule has 1 N–H and O–H groups in total. The molecule has 0 radical (unpaired) electrons. The largest absolute Gasteiger partial charge is 0.416 e. The van der Waals surface area contributed by atoms with Gasteiger partial charge in [-0.1, -0.05) is 18.2 Å². The van der Waals surface area contributed by atoms with Crippen LogP contribution in [-0.4, -0.2) is 15.6 Å². The molecule has 0 bridgehead atoms. The molecule has 0 unspecified atom stereocenters. The molecule has 112 valence electrons. The average Bonchev–Trinajstić information content (AvgIpc) is 3.16. The molecule has 1 fully saturated rings. The van der Waals surface area contributed by atoms with Gasteiger partial charge >= 0.3 is 6.18 Å². The highest BCUT2D eigenvalue weighted by Gasteiger charge is 2.33. The van der Waals surface area contributed by atoms with Crippen molar-refractivity contribution in [1.82, 2.24) is 14.9 Å². The quantitative estimate of drug-likeness (QED) is 0.918. The number of alkyl halides is 3. The Bertz CT molecular complexity index is 615. The van der Waals surface area contributed by atoms with Crippen LogP contribution in [0.4, 0.5) is 13.2 Å². The minimum atomic E-state index is -4.33. The Morgan fingerprint density at radius 2 is 2.00 bits per heavy atom. The number of imidazole rings is 1. The molecule has 1 heterocycles. The van der Waals surface area contributed by atoms with Crippen molar-refractivity contribution in [2.45, 2.75) is 38.1 Å². The highest BCUT2D eigenvalue weighted by molar-refractivity contribution is 5.30. The summed E-state index contributed by atoms with van der Waals surface area (Å²) in [6.45, 7) is 0.816. The van der Waals surface area contributed by atoms with Gasteiger partial charge < -0.3 is 9.88 Å². The van der Waals surface area contributed by atoms with Gasteiger partial charge in [0.1, 0.15) is 0 Å². The fourth-order valence-corrected chi connectivity index (χ4v) is 2.29. The molecule has 1 aliphatic carbocycles. The van der Waals surface area contributed by atoms with E-state index in [1.807, 2.05) is 0 Å². The number of halogens is 3. The van der Waals surface area contributed by atoms with E-state index in [9.17, 15) is 13.2 Å². The lowest BCUT2D eigenvalue weighted by atomic mass is 10.1. The number of hydrogen-bond donors (Lipinski definition) is 1. The summed E-state index contributed by atoms with van der Waals surface area (Å²) in [5.74, 6) is 0. The van der Waals surface area contributed by atoms with Crippen LogP contribution in [0.1, 0.15) is 29.7 Å². The fraction of sp³-hybridized carbons (Fsp3) is 0.400. The molecular formula is C15H16F3N3. The van der Waals surface area contributed by atoms with Gasteiger partial charge in [0.05, 0.1) is 17.6 Å². The lowest BCUT2D eigenvalue weighted by molar-refractivity contribution is -0.138. The van der Waals surface area contributed by atoms with Crippen molar-refractivity contribution in [2.24, 2.45) is 0 Å². The van der Waals surface area contributed by atoms with Crippen LogP contribution in [0.25, 0.3) is 0 Å². The third-order valence-electron chi connectivity index (χ3n) is 3.61. The van der Waals surface area contributed by atoms with Crippen molar-refractivity contribution in [2.75, 3.05) is 0 Å². The molecule has 1 saturated carbocycles. The van der Waals surface area contributed by atoms with Gasteiger partial charge in [-0.15, -0.1) is 0 Å². The zero-order valence-electron chi connectivity index (χ0n) is 11.4. The van der Waals surface area contributed by atoms with Crippen LogP contribution in [0, 0.1) is 0 Å². The molecule has 3 rings (SSSR count). The van der Waals surface area contributed by atoms with Crippen LogP contribution in [0.2, 0.25) is 0 Å². The number of benzene rings is 1. The molecule has 21 heavy (non-hydrogen) atoms. The minimum Gasteiger partial charge on any atom is -0.329 e. The first-order valence-electron chi connectivity index (χ1n) is 6.91. The molecule has 1 aromatic heterocycles. The highest BCUT2D eigenvalue weighted by Crippen LogP contribution is 2.32. The van der Waals surface area contributed by atoms with E-state index >= 15 is 0 Å².